The molecule has 1 aliphatic carbocycles. The number of aryl methyl sites for hydroxylation is 1. The topological polar surface area (TPSA) is 67.2 Å². The van der Waals surface area contributed by atoms with Crippen molar-refractivity contribution in [3.63, 3.8) is 0 Å². The van der Waals surface area contributed by atoms with Crippen molar-refractivity contribution < 1.29 is 13.7 Å². The largest absolute Gasteiger partial charge is 0.360 e. The third kappa shape index (κ3) is 2.71. The minimum Gasteiger partial charge on any atom is -0.360 e. The van der Waals surface area contributed by atoms with E-state index in [9.17, 15) is 9.18 Å². The van der Waals surface area contributed by atoms with Crippen LogP contribution in [-0.2, 0) is 0 Å². The fourth-order valence-corrected chi connectivity index (χ4v) is 1.82. The lowest BCUT2D eigenvalue weighted by molar-refractivity contribution is 0.247. The molecule has 5 nitrogen and oxygen atoms in total. The Bertz CT molecular complexity index is 380. The molecule has 0 unspecified atom stereocenters. The summed E-state index contributed by atoms with van der Waals surface area (Å²) in [5, 5.41) is 8.85. The van der Waals surface area contributed by atoms with Crippen molar-refractivity contribution in [1.29, 1.82) is 0 Å². The van der Waals surface area contributed by atoms with E-state index in [0.29, 0.717) is 30.8 Å². The fraction of sp³-hybridized carbons (Fsp3) is 0.600. The van der Waals surface area contributed by atoms with Gasteiger partial charge in [-0.2, -0.15) is 0 Å². The lowest BCUT2D eigenvalue weighted by atomic mass is 10.2. The molecule has 0 radical (unpaired) electrons. The molecule has 1 heterocycles. The third-order valence-corrected chi connectivity index (χ3v) is 2.57. The highest BCUT2D eigenvalue weighted by atomic mass is 19.1. The first-order valence-electron chi connectivity index (χ1n) is 5.28. The SMILES string of the molecule is Cc1cc(NC(=O)N[C@H]2CC[C@H](F)C2)no1. The highest BCUT2D eigenvalue weighted by molar-refractivity contribution is 5.88. The Kier molecular flexibility index (Phi) is 3.07. The van der Waals surface area contributed by atoms with Crippen LogP contribution in [0, 0.1) is 6.92 Å². The lowest BCUT2D eigenvalue weighted by Crippen LogP contribution is -2.36. The van der Waals surface area contributed by atoms with Crippen molar-refractivity contribution in [3.05, 3.63) is 11.8 Å². The van der Waals surface area contributed by atoms with Gasteiger partial charge in [-0.15, -0.1) is 0 Å². The molecule has 0 saturated heterocycles. The van der Waals surface area contributed by atoms with Crippen LogP contribution >= 0.6 is 0 Å². The van der Waals surface area contributed by atoms with Gasteiger partial charge in [0, 0.05) is 12.1 Å². The summed E-state index contributed by atoms with van der Waals surface area (Å²) in [7, 11) is 0. The van der Waals surface area contributed by atoms with Gasteiger partial charge in [-0.25, -0.2) is 9.18 Å². The number of hydrogen-bond acceptors (Lipinski definition) is 3. The van der Waals surface area contributed by atoms with Gasteiger partial charge in [0.2, 0.25) is 0 Å². The molecule has 0 spiro atoms. The molecule has 1 saturated carbocycles. The van der Waals surface area contributed by atoms with E-state index in [4.69, 9.17) is 4.52 Å². The van der Waals surface area contributed by atoms with Crippen LogP contribution in [0.3, 0.4) is 0 Å². The smallest absolute Gasteiger partial charge is 0.320 e. The molecular weight excluding hydrogens is 213 g/mol. The first-order chi connectivity index (χ1) is 7.63. The highest BCUT2D eigenvalue weighted by Crippen LogP contribution is 2.21. The predicted molar refractivity (Wildman–Crippen MR) is 55.9 cm³/mol. The number of urea groups is 1. The zero-order chi connectivity index (χ0) is 11.5. The fourth-order valence-electron chi connectivity index (χ4n) is 1.82. The Morgan fingerprint density at radius 2 is 2.44 bits per heavy atom. The van der Waals surface area contributed by atoms with Gasteiger partial charge in [-0.3, -0.25) is 5.32 Å². The molecule has 1 aliphatic rings. The Balaban J connectivity index is 1.80. The van der Waals surface area contributed by atoms with Gasteiger partial charge < -0.3 is 9.84 Å². The van der Waals surface area contributed by atoms with Gasteiger partial charge in [0.05, 0.1) is 0 Å². The van der Waals surface area contributed by atoms with Gasteiger partial charge in [-0.1, -0.05) is 5.16 Å². The number of aromatic nitrogens is 1. The van der Waals surface area contributed by atoms with Crippen LogP contribution in [0.15, 0.2) is 10.6 Å². The monoisotopic (exact) mass is 227 g/mol. The number of nitrogens with one attached hydrogen (secondary N) is 2. The van der Waals surface area contributed by atoms with E-state index in [1.807, 2.05) is 0 Å². The van der Waals surface area contributed by atoms with Gasteiger partial charge in [0.25, 0.3) is 0 Å². The minimum atomic E-state index is -0.792. The maximum Gasteiger partial charge on any atom is 0.320 e. The summed E-state index contributed by atoms with van der Waals surface area (Å²) in [6, 6.07) is 1.17. The molecule has 0 aromatic carbocycles. The number of anilines is 1. The number of carbonyl (C=O) groups excluding carboxylic acids is 1. The number of amides is 2. The van der Waals surface area contributed by atoms with E-state index >= 15 is 0 Å². The first-order valence-corrected chi connectivity index (χ1v) is 5.28. The number of nitrogens with zero attached hydrogens (tertiary/aromatic N) is 1. The van der Waals surface area contributed by atoms with Crippen molar-refractivity contribution in [3.8, 4) is 0 Å². The van der Waals surface area contributed by atoms with E-state index < -0.39 is 6.17 Å². The van der Waals surface area contributed by atoms with Crippen LogP contribution in [-0.4, -0.2) is 23.4 Å². The summed E-state index contributed by atoms with van der Waals surface area (Å²) in [6.45, 7) is 1.74. The van der Waals surface area contributed by atoms with Crippen molar-refractivity contribution in [2.45, 2.75) is 38.4 Å². The second-order valence-corrected chi connectivity index (χ2v) is 4.03. The molecule has 0 aliphatic heterocycles. The summed E-state index contributed by atoms with van der Waals surface area (Å²) in [6.07, 6.45) is 0.811. The quantitative estimate of drug-likeness (QED) is 0.811. The molecule has 2 atom stereocenters. The Morgan fingerprint density at radius 1 is 1.62 bits per heavy atom. The summed E-state index contributed by atoms with van der Waals surface area (Å²) >= 11 is 0. The third-order valence-electron chi connectivity index (χ3n) is 2.57. The molecule has 88 valence electrons. The second-order valence-electron chi connectivity index (χ2n) is 4.03. The van der Waals surface area contributed by atoms with Crippen LogP contribution < -0.4 is 10.6 Å². The van der Waals surface area contributed by atoms with E-state index in [0.717, 1.165) is 0 Å². The zero-order valence-electron chi connectivity index (χ0n) is 9.00. The van der Waals surface area contributed by atoms with Crippen molar-refractivity contribution in [1.82, 2.24) is 10.5 Å². The maximum absolute atomic E-state index is 12.9. The maximum atomic E-state index is 12.9. The predicted octanol–water partition coefficient (Wildman–Crippen LogP) is 2.00. The molecule has 1 aromatic rings. The van der Waals surface area contributed by atoms with Gasteiger partial charge in [0.1, 0.15) is 11.9 Å². The molecule has 2 rings (SSSR count). The number of halogens is 1. The lowest BCUT2D eigenvalue weighted by Gasteiger charge is -2.11. The Labute approximate surface area is 92.4 Å². The van der Waals surface area contributed by atoms with Crippen LogP contribution in [0.1, 0.15) is 25.0 Å². The molecule has 1 fully saturated rings. The van der Waals surface area contributed by atoms with Crippen LogP contribution in [0.2, 0.25) is 0 Å². The standard InChI is InChI=1S/C10H14FN3O2/c1-6-4-9(14-16-6)13-10(15)12-8-3-2-7(11)5-8/h4,7-8H,2-3,5H2,1H3,(H2,12,13,14,15)/t7-,8-/m0/s1. The summed E-state index contributed by atoms with van der Waals surface area (Å²) in [4.78, 5) is 11.5. The molecule has 2 N–H and O–H groups in total. The summed E-state index contributed by atoms with van der Waals surface area (Å²) < 4.78 is 17.7. The van der Waals surface area contributed by atoms with E-state index in [1.165, 1.54) is 0 Å². The molecule has 2 amide bonds. The van der Waals surface area contributed by atoms with Gasteiger partial charge in [-0.05, 0) is 26.2 Å². The van der Waals surface area contributed by atoms with Crippen molar-refractivity contribution >= 4 is 11.8 Å². The summed E-state index contributed by atoms with van der Waals surface area (Å²) in [5.74, 6) is 0.991. The van der Waals surface area contributed by atoms with Gasteiger partial charge >= 0.3 is 6.03 Å². The number of alkyl halides is 1. The molecule has 0 bridgehead atoms. The first kappa shape index (κ1) is 10.9. The molecular formula is C10H14FN3O2. The van der Waals surface area contributed by atoms with E-state index in [2.05, 4.69) is 15.8 Å². The van der Waals surface area contributed by atoms with Crippen molar-refractivity contribution in [2.75, 3.05) is 5.32 Å². The minimum absolute atomic E-state index is 0.0806. The van der Waals surface area contributed by atoms with Gasteiger partial charge in [0.15, 0.2) is 5.82 Å². The highest BCUT2D eigenvalue weighted by Gasteiger charge is 2.25. The van der Waals surface area contributed by atoms with E-state index in [1.54, 1.807) is 13.0 Å². The molecule has 1 aromatic heterocycles. The average Bonchev–Trinajstić information content (AvgIpc) is 2.76. The zero-order valence-corrected chi connectivity index (χ0v) is 9.00. The number of carbonyl (C=O) groups is 1. The van der Waals surface area contributed by atoms with Crippen LogP contribution in [0.25, 0.3) is 0 Å². The van der Waals surface area contributed by atoms with Crippen LogP contribution in [0.5, 0.6) is 0 Å². The molecule has 16 heavy (non-hydrogen) atoms. The summed E-state index contributed by atoms with van der Waals surface area (Å²) in [5.41, 5.74) is 0. The van der Waals surface area contributed by atoms with Crippen molar-refractivity contribution in [2.24, 2.45) is 0 Å². The Hall–Kier alpha value is -1.59. The normalized spacial score (nSPS) is 24.4. The van der Waals surface area contributed by atoms with E-state index in [-0.39, 0.29) is 12.1 Å². The second kappa shape index (κ2) is 4.51. The Morgan fingerprint density at radius 3 is 3.00 bits per heavy atom. The number of rotatable bonds is 2. The number of hydrogen-bond donors (Lipinski definition) is 2. The average molecular weight is 227 g/mol. The molecule has 6 heteroatoms. The van der Waals surface area contributed by atoms with Crippen LogP contribution in [0.4, 0.5) is 15.0 Å².